The summed E-state index contributed by atoms with van der Waals surface area (Å²) >= 11 is 0. The van der Waals surface area contributed by atoms with Gasteiger partial charge in [0.1, 0.15) is 5.75 Å². The highest BCUT2D eigenvalue weighted by Crippen LogP contribution is 2.30. The predicted molar refractivity (Wildman–Crippen MR) is 62.1 cm³/mol. The SMILES string of the molecule is NC(=O)c1ccccc1-c1ccccc1O. The molecule has 2 rings (SSSR count). The molecular weight excluding hydrogens is 202 g/mol. The molecule has 2 aromatic carbocycles. The van der Waals surface area contributed by atoms with Gasteiger partial charge in [0.2, 0.25) is 5.91 Å². The van der Waals surface area contributed by atoms with Gasteiger partial charge in [0.05, 0.1) is 0 Å². The fourth-order valence-electron chi connectivity index (χ4n) is 1.63. The number of carbonyl (C=O) groups excluding carboxylic acids is 1. The molecule has 0 spiro atoms. The van der Waals surface area contributed by atoms with E-state index < -0.39 is 5.91 Å². The molecule has 0 radical (unpaired) electrons. The Morgan fingerprint density at radius 1 is 0.938 bits per heavy atom. The standard InChI is InChI=1S/C13H11NO2/c14-13(16)11-7-2-1-5-9(11)10-6-3-4-8-12(10)15/h1-8,15H,(H2,14,16). The van der Waals surface area contributed by atoms with Crippen LogP contribution in [-0.2, 0) is 0 Å². The van der Waals surface area contributed by atoms with Crippen molar-refractivity contribution in [3.05, 3.63) is 54.1 Å². The summed E-state index contributed by atoms with van der Waals surface area (Å²) in [6, 6.07) is 13.8. The largest absolute Gasteiger partial charge is 0.507 e. The Balaban J connectivity index is 2.65. The second kappa shape index (κ2) is 4.06. The Hall–Kier alpha value is -2.29. The van der Waals surface area contributed by atoms with Crippen molar-refractivity contribution in [1.82, 2.24) is 0 Å². The number of hydrogen-bond donors (Lipinski definition) is 2. The number of phenols is 1. The molecule has 3 nitrogen and oxygen atoms in total. The Bertz CT molecular complexity index is 535. The summed E-state index contributed by atoms with van der Waals surface area (Å²) in [4.78, 5) is 11.2. The molecule has 0 aliphatic heterocycles. The van der Waals surface area contributed by atoms with Crippen LogP contribution in [0.25, 0.3) is 11.1 Å². The van der Waals surface area contributed by atoms with Crippen LogP contribution in [-0.4, -0.2) is 11.0 Å². The zero-order chi connectivity index (χ0) is 11.5. The highest BCUT2D eigenvalue weighted by atomic mass is 16.3. The maximum Gasteiger partial charge on any atom is 0.249 e. The van der Waals surface area contributed by atoms with Crippen LogP contribution in [0.2, 0.25) is 0 Å². The molecule has 0 saturated carbocycles. The number of rotatable bonds is 2. The van der Waals surface area contributed by atoms with Crippen LogP contribution in [0, 0.1) is 0 Å². The summed E-state index contributed by atoms with van der Waals surface area (Å²) in [5.41, 5.74) is 6.94. The topological polar surface area (TPSA) is 63.3 Å². The number of carbonyl (C=O) groups is 1. The molecule has 3 N–H and O–H groups in total. The minimum absolute atomic E-state index is 0.135. The van der Waals surface area contributed by atoms with Gasteiger partial charge in [-0.15, -0.1) is 0 Å². The lowest BCUT2D eigenvalue weighted by atomic mass is 9.99. The molecule has 0 atom stereocenters. The normalized spacial score (nSPS) is 10.0. The molecule has 0 unspecified atom stereocenters. The number of hydrogen-bond acceptors (Lipinski definition) is 2. The molecule has 0 bridgehead atoms. The van der Waals surface area contributed by atoms with Crippen molar-refractivity contribution in [2.45, 2.75) is 0 Å². The summed E-state index contributed by atoms with van der Waals surface area (Å²) < 4.78 is 0. The number of nitrogens with two attached hydrogens (primary N) is 1. The summed E-state index contributed by atoms with van der Waals surface area (Å²) in [6.45, 7) is 0. The molecule has 0 heterocycles. The second-order valence-electron chi connectivity index (χ2n) is 3.43. The van der Waals surface area contributed by atoms with Crippen LogP contribution in [0.15, 0.2) is 48.5 Å². The maximum absolute atomic E-state index is 11.2. The van der Waals surface area contributed by atoms with Crippen LogP contribution < -0.4 is 5.73 Å². The predicted octanol–water partition coefficient (Wildman–Crippen LogP) is 2.16. The lowest BCUT2D eigenvalue weighted by Gasteiger charge is -2.08. The molecule has 80 valence electrons. The van der Waals surface area contributed by atoms with Gasteiger partial charge in [0.15, 0.2) is 0 Å². The van der Waals surface area contributed by atoms with Crippen molar-refractivity contribution >= 4 is 5.91 Å². The van der Waals surface area contributed by atoms with Crippen LogP contribution >= 0.6 is 0 Å². The quantitative estimate of drug-likeness (QED) is 0.802. The molecule has 0 aliphatic rings. The first-order chi connectivity index (χ1) is 7.70. The van der Waals surface area contributed by atoms with Crippen molar-refractivity contribution in [2.24, 2.45) is 5.73 Å². The maximum atomic E-state index is 11.2. The summed E-state index contributed by atoms with van der Waals surface area (Å²) in [5, 5.41) is 9.72. The van der Waals surface area contributed by atoms with Crippen molar-refractivity contribution < 1.29 is 9.90 Å². The van der Waals surface area contributed by atoms with Gasteiger partial charge in [0.25, 0.3) is 0 Å². The first-order valence-electron chi connectivity index (χ1n) is 4.87. The fourth-order valence-corrected chi connectivity index (χ4v) is 1.63. The van der Waals surface area contributed by atoms with E-state index in [1.54, 1.807) is 48.5 Å². The minimum Gasteiger partial charge on any atom is -0.507 e. The number of aromatic hydroxyl groups is 1. The van der Waals surface area contributed by atoms with E-state index in [0.29, 0.717) is 16.7 Å². The molecular formula is C13H11NO2. The monoisotopic (exact) mass is 213 g/mol. The first-order valence-corrected chi connectivity index (χ1v) is 4.87. The van der Waals surface area contributed by atoms with Gasteiger partial charge in [-0.2, -0.15) is 0 Å². The number of benzene rings is 2. The molecule has 2 aromatic rings. The Kier molecular flexibility index (Phi) is 2.60. The third-order valence-electron chi connectivity index (χ3n) is 2.39. The third-order valence-corrected chi connectivity index (χ3v) is 2.39. The third kappa shape index (κ3) is 1.75. The van der Waals surface area contributed by atoms with E-state index in [1.807, 2.05) is 0 Å². The van der Waals surface area contributed by atoms with E-state index in [1.165, 1.54) is 0 Å². The average Bonchev–Trinajstić information content (AvgIpc) is 2.29. The number of phenolic OH excluding ortho intramolecular Hbond substituents is 1. The molecule has 0 fully saturated rings. The van der Waals surface area contributed by atoms with Gasteiger partial charge < -0.3 is 10.8 Å². The van der Waals surface area contributed by atoms with Crippen molar-refractivity contribution in [3.63, 3.8) is 0 Å². The molecule has 0 saturated heterocycles. The van der Waals surface area contributed by atoms with E-state index in [-0.39, 0.29) is 5.75 Å². The van der Waals surface area contributed by atoms with Crippen molar-refractivity contribution in [1.29, 1.82) is 0 Å². The Morgan fingerprint density at radius 3 is 2.12 bits per heavy atom. The lowest BCUT2D eigenvalue weighted by molar-refractivity contribution is 0.100. The highest BCUT2D eigenvalue weighted by Gasteiger charge is 2.11. The van der Waals surface area contributed by atoms with Gasteiger partial charge in [-0.05, 0) is 17.7 Å². The zero-order valence-corrected chi connectivity index (χ0v) is 8.55. The Labute approximate surface area is 93.1 Å². The molecule has 1 amide bonds. The van der Waals surface area contributed by atoms with Crippen LogP contribution in [0.1, 0.15) is 10.4 Å². The van der Waals surface area contributed by atoms with E-state index in [2.05, 4.69) is 0 Å². The number of para-hydroxylation sites is 1. The second-order valence-corrected chi connectivity index (χ2v) is 3.43. The number of primary amides is 1. The molecule has 0 aromatic heterocycles. The van der Waals surface area contributed by atoms with Gasteiger partial charge in [-0.25, -0.2) is 0 Å². The summed E-state index contributed by atoms with van der Waals surface area (Å²) in [5.74, 6) is -0.366. The van der Waals surface area contributed by atoms with Gasteiger partial charge in [-0.1, -0.05) is 36.4 Å². The van der Waals surface area contributed by atoms with Gasteiger partial charge in [0, 0.05) is 11.1 Å². The zero-order valence-electron chi connectivity index (χ0n) is 8.55. The average molecular weight is 213 g/mol. The molecule has 16 heavy (non-hydrogen) atoms. The van der Waals surface area contributed by atoms with Gasteiger partial charge in [-0.3, -0.25) is 4.79 Å². The van der Waals surface area contributed by atoms with Crippen LogP contribution in [0.5, 0.6) is 5.75 Å². The van der Waals surface area contributed by atoms with Gasteiger partial charge >= 0.3 is 0 Å². The number of amides is 1. The summed E-state index contributed by atoms with van der Waals surface area (Å²) in [6.07, 6.45) is 0. The highest BCUT2D eigenvalue weighted by molar-refractivity contribution is 6.00. The van der Waals surface area contributed by atoms with E-state index in [0.717, 1.165) is 0 Å². The van der Waals surface area contributed by atoms with Crippen molar-refractivity contribution in [3.8, 4) is 16.9 Å². The minimum atomic E-state index is -0.501. The van der Waals surface area contributed by atoms with E-state index >= 15 is 0 Å². The lowest BCUT2D eigenvalue weighted by Crippen LogP contribution is -2.12. The first kappa shape index (κ1) is 10.2. The molecule has 0 aliphatic carbocycles. The fraction of sp³-hybridized carbons (Fsp3) is 0. The van der Waals surface area contributed by atoms with E-state index in [9.17, 15) is 9.90 Å². The molecule has 3 heteroatoms. The smallest absolute Gasteiger partial charge is 0.249 e. The van der Waals surface area contributed by atoms with E-state index in [4.69, 9.17) is 5.73 Å². The van der Waals surface area contributed by atoms with Crippen molar-refractivity contribution in [2.75, 3.05) is 0 Å². The Morgan fingerprint density at radius 2 is 1.50 bits per heavy atom. The van der Waals surface area contributed by atoms with Crippen LogP contribution in [0.4, 0.5) is 0 Å². The summed E-state index contributed by atoms with van der Waals surface area (Å²) in [7, 11) is 0. The van der Waals surface area contributed by atoms with Crippen LogP contribution in [0.3, 0.4) is 0 Å².